The second kappa shape index (κ2) is 6.41. The molecule has 1 saturated carbocycles. The molecule has 0 aliphatic heterocycles. The van der Waals surface area contributed by atoms with Crippen LogP contribution in [0.1, 0.15) is 56.1 Å². The van der Waals surface area contributed by atoms with Crippen LogP contribution in [0.15, 0.2) is 23.8 Å². The van der Waals surface area contributed by atoms with Crippen molar-refractivity contribution in [2.24, 2.45) is 5.92 Å². The lowest BCUT2D eigenvalue weighted by atomic mass is 9.91. The van der Waals surface area contributed by atoms with Crippen LogP contribution in [0.5, 0.6) is 0 Å². The van der Waals surface area contributed by atoms with Gasteiger partial charge in [-0.15, -0.1) is 0 Å². The molecule has 2 aliphatic carbocycles. The Morgan fingerprint density at radius 2 is 1.95 bits per heavy atom. The fourth-order valence-corrected chi connectivity index (χ4v) is 4.29. The van der Waals surface area contributed by atoms with Crippen molar-refractivity contribution < 1.29 is 13.2 Å². The van der Waals surface area contributed by atoms with E-state index in [2.05, 4.69) is 0 Å². The molecule has 21 heavy (non-hydrogen) atoms. The Balaban J connectivity index is 1.90. The molecule has 4 heteroatoms. The highest BCUT2D eigenvalue weighted by Gasteiger charge is 2.26. The SMILES string of the molecule is O=S([O-])Cc1ccc(C2=C(C3CCCC3)CCC2)cc1F. The van der Waals surface area contributed by atoms with Crippen molar-refractivity contribution in [3.8, 4) is 0 Å². The van der Waals surface area contributed by atoms with Gasteiger partial charge < -0.3 is 4.55 Å². The van der Waals surface area contributed by atoms with Gasteiger partial charge in [-0.1, -0.05) is 41.6 Å². The lowest BCUT2D eigenvalue weighted by Gasteiger charge is -2.15. The zero-order valence-corrected chi connectivity index (χ0v) is 12.9. The standard InChI is InChI=1S/C17H21FO2S/c18-17-10-13(8-9-14(17)11-21(19)20)16-7-3-6-15(16)12-4-1-2-5-12/h8-10,12H,1-7,11H2,(H,19,20)/p-1. The molecule has 0 heterocycles. The van der Waals surface area contributed by atoms with E-state index >= 15 is 0 Å². The number of hydrogen-bond donors (Lipinski definition) is 0. The third-order valence-electron chi connectivity index (χ3n) is 4.78. The van der Waals surface area contributed by atoms with Gasteiger partial charge in [-0.25, -0.2) is 4.39 Å². The summed E-state index contributed by atoms with van der Waals surface area (Å²) < 4.78 is 35.5. The summed E-state index contributed by atoms with van der Waals surface area (Å²) in [5.41, 5.74) is 4.06. The summed E-state index contributed by atoms with van der Waals surface area (Å²) in [6.45, 7) is 0. The Kier molecular flexibility index (Phi) is 4.55. The van der Waals surface area contributed by atoms with Crippen LogP contribution in [0, 0.1) is 11.7 Å². The Morgan fingerprint density at radius 1 is 1.19 bits per heavy atom. The van der Waals surface area contributed by atoms with Crippen LogP contribution in [-0.4, -0.2) is 8.76 Å². The molecule has 2 nitrogen and oxygen atoms in total. The molecule has 0 N–H and O–H groups in total. The quantitative estimate of drug-likeness (QED) is 0.777. The number of halogens is 1. The van der Waals surface area contributed by atoms with Crippen LogP contribution in [0.4, 0.5) is 4.39 Å². The van der Waals surface area contributed by atoms with Crippen molar-refractivity contribution in [2.45, 2.75) is 50.7 Å². The number of allylic oxidation sites excluding steroid dienone is 2. The number of benzene rings is 1. The van der Waals surface area contributed by atoms with E-state index in [9.17, 15) is 13.2 Å². The van der Waals surface area contributed by atoms with Crippen LogP contribution in [0.25, 0.3) is 5.57 Å². The van der Waals surface area contributed by atoms with Crippen LogP contribution < -0.4 is 0 Å². The smallest absolute Gasteiger partial charge is 0.127 e. The molecule has 1 atom stereocenters. The Labute approximate surface area is 127 Å². The second-order valence-corrected chi connectivity index (χ2v) is 6.99. The van der Waals surface area contributed by atoms with Crippen molar-refractivity contribution in [1.82, 2.24) is 0 Å². The molecule has 114 valence electrons. The van der Waals surface area contributed by atoms with E-state index in [-0.39, 0.29) is 11.3 Å². The Morgan fingerprint density at radius 3 is 2.62 bits per heavy atom. The van der Waals surface area contributed by atoms with Gasteiger partial charge in [-0.05, 0) is 60.8 Å². The van der Waals surface area contributed by atoms with Gasteiger partial charge in [0.25, 0.3) is 0 Å². The Hall–Kier alpha value is -1.00. The summed E-state index contributed by atoms with van der Waals surface area (Å²) in [6.07, 6.45) is 8.50. The van der Waals surface area contributed by atoms with Gasteiger partial charge in [0.05, 0.1) is 0 Å². The lowest BCUT2D eigenvalue weighted by molar-refractivity contribution is 0.533. The summed E-state index contributed by atoms with van der Waals surface area (Å²) in [7, 11) is 0. The van der Waals surface area contributed by atoms with Gasteiger partial charge in [0.2, 0.25) is 0 Å². The zero-order chi connectivity index (χ0) is 14.8. The topological polar surface area (TPSA) is 40.1 Å². The highest BCUT2D eigenvalue weighted by atomic mass is 32.2. The monoisotopic (exact) mass is 307 g/mol. The van der Waals surface area contributed by atoms with Gasteiger partial charge in [0.1, 0.15) is 5.82 Å². The molecule has 2 aliphatic rings. The molecule has 0 spiro atoms. The van der Waals surface area contributed by atoms with Gasteiger partial charge in [-0.3, -0.25) is 4.21 Å². The van der Waals surface area contributed by atoms with Gasteiger partial charge in [0, 0.05) is 5.75 Å². The molecular formula is C17H20FO2S-. The van der Waals surface area contributed by atoms with E-state index < -0.39 is 16.9 Å². The highest BCUT2D eigenvalue weighted by Crippen LogP contribution is 2.43. The molecular weight excluding hydrogens is 287 g/mol. The minimum atomic E-state index is -2.25. The predicted octanol–water partition coefficient (Wildman–Crippen LogP) is 4.33. The third-order valence-corrected chi connectivity index (χ3v) is 5.33. The average molecular weight is 307 g/mol. The van der Waals surface area contributed by atoms with Gasteiger partial charge in [0.15, 0.2) is 0 Å². The van der Waals surface area contributed by atoms with E-state index in [0.717, 1.165) is 24.8 Å². The largest absolute Gasteiger partial charge is 0.772 e. The molecule has 3 rings (SSSR count). The van der Waals surface area contributed by atoms with Crippen LogP contribution in [0.2, 0.25) is 0 Å². The first-order valence-corrected chi connectivity index (χ1v) is 8.96. The van der Waals surface area contributed by atoms with Crippen LogP contribution >= 0.6 is 0 Å². The minimum Gasteiger partial charge on any atom is -0.772 e. The molecule has 0 bridgehead atoms. The number of rotatable bonds is 4. The third kappa shape index (κ3) is 3.27. The summed E-state index contributed by atoms with van der Waals surface area (Å²) in [4.78, 5) is 0. The van der Waals surface area contributed by atoms with E-state index in [1.54, 1.807) is 6.07 Å². The van der Waals surface area contributed by atoms with Crippen LogP contribution in [0.3, 0.4) is 0 Å². The number of hydrogen-bond acceptors (Lipinski definition) is 2. The first kappa shape index (κ1) is 14.9. The summed E-state index contributed by atoms with van der Waals surface area (Å²) in [6, 6.07) is 5.04. The van der Waals surface area contributed by atoms with Crippen molar-refractivity contribution in [2.75, 3.05) is 0 Å². The van der Waals surface area contributed by atoms with Gasteiger partial charge >= 0.3 is 0 Å². The Bertz CT molecular complexity index is 588. The van der Waals surface area contributed by atoms with E-state index in [4.69, 9.17) is 0 Å². The van der Waals surface area contributed by atoms with Crippen LogP contribution in [-0.2, 0) is 16.8 Å². The zero-order valence-electron chi connectivity index (χ0n) is 12.1. The molecule has 1 unspecified atom stereocenters. The maximum absolute atomic E-state index is 14.1. The first-order valence-electron chi connectivity index (χ1n) is 7.71. The van der Waals surface area contributed by atoms with Gasteiger partial charge in [-0.2, -0.15) is 0 Å². The van der Waals surface area contributed by atoms with Crippen molar-refractivity contribution in [3.05, 3.63) is 40.7 Å². The van der Waals surface area contributed by atoms with Crippen molar-refractivity contribution >= 4 is 16.7 Å². The lowest BCUT2D eigenvalue weighted by Crippen LogP contribution is -2.00. The fraction of sp³-hybridized carbons (Fsp3) is 0.529. The second-order valence-electron chi connectivity index (χ2n) is 6.09. The van der Waals surface area contributed by atoms with E-state index in [1.807, 2.05) is 6.07 Å². The minimum absolute atomic E-state index is 0.249. The molecule has 0 radical (unpaired) electrons. The van der Waals surface area contributed by atoms with E-state index in [1.165, 1.54) is 42.9 Å². The summed E-state index contributed by atoms with van der Waals surface area (Å²) in [5.74, 6) is 0.0435. The molecule has 0 saturated heterocycles. The average Bonchev–Trinajstić information content (AvgIpc) is 3.09. The maximum atomic E-state index is 14.1. The van der Waals surface area contributed by atoms with Crippen molar-refractivity contribution in [1.29, 1.82) is 0 Å². The maximum Gasteiger partial charge on any atom is 0.127 e. The molecule has 1 aromatic rings. The van der Waals surface area contributed by atoms with E-state index in [0.29, 0.717) is 5.92 Å². The highest BCUT2D eigenvalue weighted by molar-refractivity contribution is 7.78. The molecule has 1 fully saturated rings. The molecule has 0 amide bonds. The molecule has 1 aromatic carbocycles. The molecule has 0 aromatic heterocycles. The summed E-state index contributed by atoms with van der Waals surface area (Å²) >= 11 is -2.25. The normalized spacial score (nSPS) is 21.2. The predicted molar refractivity (Wildman–Crippen MR) is 81.8 cm³/mol. The van der Waals surface area contributed by atoms with Crippen molar-refractivity contribution in [3.63, 3.8) is 0 Å². The first-order chi connectivity index (χ1) is 10.1. The fourth-order valence-electron chi connectivity index (χ4n) is 3.80. The summed E-state index contributed by atoms with van der Waals surface area (Å²) in [5, 5.41) is 0.